The first kappa shape index (κ1) is 15.4. The highest BCUT2D eigenvalue weighted by molar-refractivity contribution is 7.89. The third kappa shape index (κ3) is 4.83. The summed E-state index contributed by atoms with van der Waals surface area (Å²) in [6, 6.07) is 0.167. The van der Waals surface area contributed by atoms with E-state index in [2.05, 4.69) is 15.1 Å². The van der Waals surface area contributed by atoms with Crippen molar-refractivity contribution < 1.29 is 23.1 Å². The molecule has 116 valence electrons. The van der Waals surface area contributed by atoms with E-state index in [1.54, 1.807) is 0 Å². The number of rotatable bonds is 8. The fourth-order valence-corrected chi connectivity index (χ4v) is 2.50. The second-order valence-electron chi connectivity index (χ2n) is 4.75. The summed E-state index contributed by atoms with van der Waals surface area (Å²) in [4.78, 5) is 21.8. The summed E-state index contributed by atoms with van der Waals surface area (Å²) in [6.45, 7) is -0.258. The predicted octanol–water partition coefficient (Wildman–Crippen LogP) is -1.09. The smallest absolute Gasteiger partial charge is 0.305 e. The molecule has 0 saturated heterocycles. The van der Waals surface area contributed by atoms with Gasteiger partial charge in [0.25, 0.3) is 0 Å². The zero-order valence-corrected chi connectivity index (χ0v) is 12.0. The maximum Gasteiger partial charge on any atom is 0.305 e. The first-order valence-electron chi connectivity index (χ1n) is 6.40. The van der Waals surface area contributed by atoms with Crippen molar-refractivity contribution >= 4 is 21.9 Å². The van der Waals surface area contributed by atoms with Crippen molar-refractivity contribution in [1.82, 2.24) is 19.8 Å². The van der Waals surface area contributed by atoms with E-state index in [1.165, 1.54) is 10.9 Å². The fraction of sp³-hybridized carbons (Fsp3) is 0.545. The Labute approximate surface area is 121 Å². The highest BCUT2D eigenvalue weighted by Gasteiger charge is 2.24. The SMILES string of the molecule is O=C(O)CCn1cc(S(=O)(=O)NCC(=O)NC2CC2)cn1. The number of nitrogens with zero attached hydrogens (tertiary/aromatic N) is 2. The Morgan fingerprint density at radius 3 is 2.76 bits per heavy atom. The molecule has 1 fully saturated rings. The third-order valence-corrected chi connectivity index (χ3v) is 4.20. The van der Waals surface area contributed by atoms with Gasteiger partial charge in [-0.25, -0.2) is 13.1 Å². The van der Waals surface area contributed by atoms with Crippen molar-refractivity contribution in [1.29, 1.82) is 0 Å². The highest BCUT2D eigenvalue weighted by atomic mass is 32.2. The lowest BCUT2D eigenvalue weighted by atomic mass is 10.4. The largest absolute Gasteiger partial charge is 0.481 e. The minimum Gasteiger partial charge on any atom is -0.481 e. The molecule has 1 aliphatic carbocycles. The van der Waals surface area contributed by atoms with Crippen molar-refractivity contribution in [2.45, 2.75) is 36.7 Å². The Hall–Kier alpha value is -1.94. The van der Waals surface area contributed by atoms with Gasteiger partial charge in [0.15, 0.2) is 0 Å². The number of aromatic nitrogens is 2. The molecule has 0 aromatic carbocycles. The first-order valence-corrected chi connectivity index (χ1v) is 7.88. The van der Waals surface area contributed by atoms with E-state index in [0.717, 1.165) is 19.0 Å². The van der Waals surface area contributed by atoms with Gasteiger partial charge in [-0.15, -0.1) is 0 Å². The summed E-state index contributed by atoms with van der Waals surface area (Å²) in [6.07, 6.45) is 4.04. The molecule has 0 atom stereocenters. The van der Waals surface area contributed by atoms with Gasteiger partial charge in [-0.2, -0.15) is 5.10 Å². The first-order chi connectivity index (χ1) is 9.87. The topological polar surface area (TPSA) is 130 Å². The lowest BCUT2D eigenvalue weighted by molar-refractivity contribution is -0.137. The van der Waals surface area contributed by atoms with Gasteiger partial charge in [-0.05, 0) is 12.8 Å². The lowest BCUT2D eigenvalue weighted by Gasteiger charge is -2.05. The van der Waals surface area contributed by atoms with Gasteiger partial charge in [0.2, 0.25) is 15.9 Å². The number of hydrogen-bond donors (Lipinski definition) is 3. The van der Waals surface area contributed by atoms with Crippen LogP contribution in [0.5, 0.6) is 0 Å². The van der Waals surface area contributed by atoms with E-state index < -0.39 is 16.0 Å². The molecule has 1 heterocycles. The van der Waals surface area contributed by atoms with Crippen LogP contribution in [0.3, 0.4) is 0 Å². The number of amides is 1. The van der Waals surface area contributed by atoms with Gasteiger partial charge in [0, 0.05) is 12.2 Å². The average Bonchev–Trinajstić information content (AvgIpc) is 3.07. The van der Waals surface area contributed by atoms with Crippen molar-refractivity contribution in [2.24, 2.45) is 0 Å². The molecule has 0 bridgehead atoms. The Bertz CT molecular complexity index is 635. The molecule has 0 unspecified atom stereocenters. The Kier molecular flexibility index (Phi) is 4.58. The summed E-state index contributed by atoms with van der Waals surface area (Å²) in [5.41, 5.74) is 0. The maximum atomic E-state index is 11.9. The molecule has 9 nitrogen and oxygen atoms in total. The quantitative estimate of drug-likeness (QED) is 0.559. The zero-order chi connectivity index (χ0) is 15.5. The molecule has 2 rings (SSSR count). The predicted molar refractivity (Wildman–Crippen MR) is 70.8 cm³/mol. The van der Waals surface area contributed by atoms with Crippen LogP contribution in [0.2, 0.25) is 0 Å². The number of aryl methyl sites for hydroxylation is 1. The van der Waals surface area contributed by atoms with Crippen molar-refractivity contribution in [3.8, 4) is 0 Å². The molecule has 1 aromatic heterocycles. The number of carboxylic acid groups (broad SMARTS) is 1. The molecule has 1 aliphatic rings. The van der Waals surface area contributed by atoms with Crippen LogP contribution in [0, 0.1) is 0 Å². The van der Waals surface area contributed by atoms with Crippen LogP contribution in [0.1, 0.15) is 19.3 Å². The zero-order valence-electron chi connectivity index (χ0n) is 11.2. The Morgan fingerprint density at radius 1 is 1.43 bits per heavy atom. The standard InChI is InChI=1S/C11H16N4O5S/c16-10(14-8-1-2-8)6-13-21(19,20)9-5-12-15(7-9)4-3-11(17)18/h5,7-8,13H,1-4,6H2,(H,14,16)(H,17,18). The van der Waals surface area contributed by atoms with Gasteiger partial charge < -0.3 is 10.4 Å². The minimum atomic E-state index is -3.83. The Morgan fingerprint density at radius 2 is 2.14 bits per heavy atom. The fourth-order valence-electron chi connectivity index (χ4n) is 1.57. The molecule has 0 spiro atoms. The van der Waals surface area contributed by atoms with Crippen molar-refractivity contribution in [3.63, 3.8) is 0 Å². The summed E-state index contributed by atoms with van der Waals surface area (Å²) in [5, 5.41) is 15.0. The summed E-state index contributed by atoms with van der Waals surface area (Å²) >= 11 is 0. The number of hydrogen-bond acceptors (Lipinski definition) is 5. The molecule has 1 amide bonds. The number of sulfonamides is 1. The molecule has 0 aliphatic heterocycles. The molecule has 1 saturated carbocycles. The van der Waals surface area contributed by atoms with Gasteiger partial charge in [-0.1, -0.05) is 0 Å². The Balaban J connectivity index is 1.88. The van der Waals surface area contributed by atoms with E-state index in [4.69, 9.17) is 5.11 Å². The molecule has 0 radical (unpaired) electrons. The van der Waals surface area contributed by atoms with E-state index in [0.29, 0.717) is 0 Å². The van der Waals surface area contributed by atoms with Crippen molar-refractivity contribution in [3.05, 3.63) is 12.4 Å². The second-order valence-corrected chi connectivity index (χ2v) is 6.52. The molecule has 1 aromatic rings. The van der Waals surface area contributed by atoms with Gasteiger partial charge in [0.1, 0.15) is 4.90 Å². The van der Waals surface area contributed by atoms with Gasteiger partial charge in [-0.3, -0.25) is 14.3 Å². The number of nitrogens with one attached hydrogen (secondary N) is 2. The minimum absolute atomic E-state index is 0.0764. The van der Waals surface area contributed by atoms with Crippen molar-refractivity contribution in [2.75, 3.05) is 6.54 Å². The maximum absolute atomic E-state index is 11.9. The van der Waals surface area contributed by atoms with Crippen LogP contribution in [0.25, 0.3) is 0 Å². The normalized spacial score (nSPS) is 14.9. The summed E-state index contributed by atoms with van der Waals surface area (Å²) in [5.74, 6) is -1.37. The van der Waals surface area contributed by atoms with Crippen LogP contribution < -0.4 is 10.0 Å². The van der Waals surface area contributed by atoms with E-state index in [-0.39, 0.29) is 36.4 Å². The van der Waals surface area contributed by atoms with Crippen LogP contribution in [0.15, 0.2) is 17.3 Å². The van der Waals surface area contributed by atoms with Gasteiger partial charge >= 0.3 is 5.97 Å². The number of carbonyl (C=O) groups is 2. The number of carbonyl (C=O) groups excluding carboxylic acids is 1. The summed E-state index contributed by atoms with van der Waals surface area (Å²) < 4.78 is 27.3. The summed E-state index contributed by atoms with van der Waals surface area (Å²) in [7, 11) is -3.83. The van der Waals surface area contributed by atoms with E-state index >= 15 is 0 Å². The average molecular weight is 316 g/mol. The number of carboxylic acids is 1. The van der Waals surface area contributed by atoms with Crippen LogP contribution in [0.4, 0.5) is 0 Å². The van der Waals surface area contributed by atoms with Crippen LogP contribution >= 0.6 is 0 Å². The molecular formula is C11H16N4O5S. The number of aliphatic carboxylic acids is 1. The monoisotopic (exact) mass is 316 g/mol. The lowest BCUT2D eigenvalue weighted by Crippen LogP contribution is -2.37. The van der Waals surface area contributed by atoms with E-state index in [1.807, 2.05) is 0 Å². The molecule has 21 heavy (non-hydrogen) atoms. The highest BCUT2D eigenvalue weighted by Crippen LogP contribution is 2.18. The van der Waals surface area contributed by atoms with Gasteiger partial charge in [0.05, 0.1) is 25.7 Å². The second kappa shape index (κ2) is 6.22. The van der Waals surface area contributed by atoms with Crippen LogP contribution in [-0.2, 0) is 26.2 Å². The van der Waals surface area contributed by atoms with E-state index in [9.17, 15) is 18.0 Å². The third-order valence-electron chi connectivity index (χ3n) is 2.84. The molecular weight excluding hydrogens is 300 g/mol. The molecule has 3 N–H and O–H groups in total. The van der Waals surface area contributed by atoms with Crippen LogP contribution in [-0.4, -0.2) is 47.8 Å². The molecule has 10 heteroatoms.